The van der Waals surface area contributed by atoms with Crippen molar-refractivity contribution in [2.45, 2.75) is 24.3 Å². The van der Waals surface area contributed by atoms with Gasteiger partial charge in [-0.2, -0.15) is 0 Å². The van der Waals surface area contributed by atoms with Gasteiger partial charge in [0.1, 0.15) is 5.75 Å². The minimum absolute atomic E-state index is 0.264. The quantitative estimate of drug-likeness (QED) is 0.849. The molecule has 136 valence electrons. The summed E-state index contributed by atoms with van der Waals surface area (Å²) >= 11 is 0. The zero-order valence-corrected chi connectivity index (χ0v) is 15.5. The van der Waals surface area contributed by atoms with Gasteiger partial charge in [-0.15, -0.1) is 0 Å². The predicted molar refractivity (Wildman–Crippen MR) is 102 cm³/mol. The molecule has 0 aromatic heterocycles. The Kier molecular flexibility index (Phi) is 4.45. The molecule has 0 bridgehead atoms. The first-order chi connectivity index (χ1) is 12.6. The number of hydrogen-bond acceptors (Lipinski definition) is 3. The molecule has 4 nitrogen and oxygen atoms in total. The monoisotopic (exact) mass is 350 g/mol. The fourth-order valence-electron chi connectivity index (χ4n) is 4.06. The molecule has 4 heteroatoms. The normalized spacial score (nSPS) is 22.1. The van der Waals surface area contributed by atoms with Crippen molar-refractivity contribution in [3.8, 4) is 5.75 Å². The van der Waals surface area contributed by atoms with Gasteiger partial charge >= 0.3 is 0 Å². The third kappa shape index (κ3) is 2.99. The molecule has 2 fully saturated rings. The van der Waals surface area contributed by atoms with Gasteiger partial charge in [-0.1, -0.05) is 42.5 Å². The van der Waals surface area contributed by atoms with Crippen LogP contribution in [0.5, 0.6) is 5.75 Å². The van der Waals surface area contributed by atoms with Crippen molar-refractivity contribution in [2.24, 2.45) is 0 Å². The van der Waals surface area contributed by atoms with Crippen LogP contribution in [0.3, 0.4) is 0 Å². The second-order valence-corrected chi connectivity index (χ2v) is 7.47. The second-order valence-electron chi connectivity index (χ2n) is 7.47. The van der Waals surface area contributed by atoms with Gasteiger partial charge in [0.15, 0.2) is 0 Å². The number of carbonyl (C=O) groups excluding carboxylic acids is 1. The minimum atomic E-state index is -0.316. The molecule has 26 heavy (non-hydrogen) atoms. The summed E-state index contributed by atoms with van der Waals surface area (Å²) in [5.74, 6) is 1.12. The first-order valence-electron chi connectivity index (χ1n) is 9.33. The van der Waals surface area contributed by atoms with Crippen LogP contribution in [0.15, 0.2) is 54.6 Å². The molecule has 1 atom stereocenters. The molecule has 2 aromatic carbocycles. The first-order valence-corrected chi connectivity index (χ1v) is 9.33. The zero-order valence-electron chi connectivity index (χ0n) is 15.5. The van der Waals surface area contributed by atoms with Crippen LogP contribution in [0, 0.1) is 0 Å². The van der Waals surface area contributed by atoms with Crippen molar-refractivity contribution >= 4 is 5.91 Å². The number of amides is 1. The van der Waals surface area contributed by atoms with Crippen molar-refractivity contribution in [1.29, 1.82) is 0 Å². The number of likely N-dealkylation sites (N-methyl/N-ethyl adjacent to an activating group) is 1. The SMILES string of the molecule is COc1ccc(C2(C(=O)N3CCN(C)[C@H](c4ccccc4)C3)CC2)cc1. The van der Waals surface area contributed by atoms with Gasteiger partial charge in [-0.3, -0.25) is 9.69 Å². The molecule has 1 heterocycles. The van der Waals surface area contributed by atoms with Crippen molar-refractivity contribution < 1.29 is 9.53 Å². The molecule has 0 unspecified atom stereocenters. The highest BCUT2D eigenvalue weighted by Gasteiger charge is 2.53. The minimum Gasteiger partial charge on any atom is -0.497 e. The van der Waals surface area contributed by atoms with E-state index in [4.69, 9.17) is 4.74 Å². The average molecular weight is 350 g/mol. The van der Waals surface area contributed by atoms with Gasteiger partial charge < -0.3 is 9.64 Å². The van der Waals surface area contributed by atoms with Crippen LogP contribution in [0.25, 0.3) is 0 Å². The maximum atomic E-state index is 13.4. The van der Waals surface area contributed by atoms with E-state index in [-0.39, 0.29) is 17.4 Å². The maximum absolute atomic E-state index is 13.4. The van der Waals surface area contributed by atoms with Crippen LogP contribution < -0.4 is 4.74 Å². The summed E-state index contributed by atoms with van der Waals surface area (Å²) in [6, 6.07) is 18.8. The lowest BCUT2D eigenvalue weighted by molar-refractivity contribution is -0.136. The smallest absolute Gasteiger partial charge is 0.233 e. The van der Waals surface area contributed by atoms with Gasteiger partial charge in [0.05, 0.1) is 18.6 Å². The van der Waals surface area contributed by atoms with Gasteiger partial charge in [-0.25, -0.2) is 0 Å². The van der Waals surface area contributed by atoms with Gasteiger partial charge in [-0.05, 0) is 43.1 Å². The molecule has 1 saturated carbocycles. The van der Waals surface area contributed by atoms with Crippen molar-refractivity contribution in [3.05, 3.63) is 65.7 Å². The summed E-state index contributed by atoms with van der Waals surface area (Å²) in [6.07, 6.45) is 1.89. The van der Waals surface area contributed by atoms with Crippen molar-refractivity contribution in [1.82, 2.24) is 9.80 Å². The third-order valence-corrected chi connectivity index (χ3v) is 5.92. The number of piperazine rings is 1. The number of nitrogens with zero attached hydrogens (tertiary/aromatic N) is 2. The number of rotatable bonds is 4. The first kappa shape index (κ1) is 17.1. The summed E-state index contributed by atoms with van der Waals surface area (Å²) in [6.45, 7) is 2.47. The van der Waals surface area contributed by atoms with E-state index < -0.39 is 0 Å². The van der Waals surface area contributed by atoms with Gasteiger partial charge in [0, 0.05) is 19.6 Å². The Balaban J connectivity index is 1.54. The van der Waals surface area contributed by atoms with Crippen LogP contribution in [0.2, 0.25) is 0 Å². The fourth-order valence-corrected chi connectivity index (χ4v) is 4.06. The van der Waals surface area contributed by atoms with E-state index in [9.17, 15) is 4.79 Å². The third-order valence-electron chi connectivity index (χ3n) is 5.92. The largest absolute Gasteiger partial charge is 0.497 e. The molecular formula is C22H26N2O2. The number of benzene rings is 2. The molecule has 0 spiro atoms. The second kappa shape index (κ2) is 6.76. The van der Waals surface area contributed by atoms with Crippen LogP contribution >= 0.6 is 0 Å². The molecule has 0 radical (unpaired) electrons. The number of methoxy groups -OCH3 is 1. The average Bonchev–Trinajstić information content (AvgIpc) is 3.50. The predicted octanol–water partition coefficient (Wildman–Crippen LogP) is 3.24. The van der Waals surface area contributed by atoms with E-state index >= 15 is 0 Å². The summed E-state index contributed by atoms with van der Waals surface area (Å²) < 4.78 is 5.25. The van der Waals surface area contributed by atoms with E-state index in [0.29, 0.717) is 0 Å². The lowest BCUT2D eigenvalue weighted by Gasteiger charge is -2.41. The van der Waals surface area contributed by atoms with E-state index in [2.05, 4.69) is 53.2 Å². The molecule has 1 amide bonds. The highest BCUT2D eigenvalue weighted by atomic mass is 16.5. The summed E-state index contributed by atoms with van der Waals surface area (Å²) in [7, 11) is 3.82. The van der Waals surface area contributed by atoms with Crippen LogP contribution in [-0.2, 0) is 10.2 Å². The molecule has 2 aromatic rings. The van der Waals surface area contributed by atoms with E-state index in [1.54, 1.807) is 7.11 Å². The highest BCUT2D eigenvalue weighted by Crippen LogP contribution is 2.50. The molecule has 1 saturated heterocycles. The number of ether oxygens (including phenoxy) is 1. The standard InChI is InChI=1S/C22H26N2O2/c1-23-14-15-24(16-20(23)17-6-4-3-5-7-17)21(25)22(12-13-22)18-8-10-19(26-2)11-9-18/h3-11,20H,12-16H2,1-2H3/t20-/m0/s1. The van der Waals surface area contributed by atoms with Gasteiger partial charge in [0.25, 0.3) is 0 Å². The van der Waals surface area contributed by atoms with Crippen molar-refractivity contribution in [3.63, 3.8) is 0 Å². The van der Waals surface area contributed by atoms with Crippen LogP contribution in [0.4, 0.5) is 0 Å². The number of hydrogen-bond donors (Lipinski definition) is 0. The van der Waals surface area contributed by atoms with E-state index in [1.807, 2.05) is 18.2 Å². The molecule has 1 aliphatic heterocycles. The van der Waals surface area contributed by atoms with Crippen molar-refractivity contribution in [2.75, 3.05) is 33.8 Å². The van der Waals surface area contributed by atoms with E-state index in [0.717, 1.165) is 43.8 Å². The number of carbonyl (C=O) groups is 1. The topological polar surface area (TPSA) is 32.8 Å². The summed E-state index contributed by atoms with van der Waals surface area (Å²) in [4.78, 5) is 17.8. The lowest BCUT2D eigenvalue weighted by atomic mass is 9.93. The fraction of sp³-hybridized carbons (Fsp3) is 0.409. The van der Waals surface area contributed by atoms with Gasteiger partial charge in [0.2, 0.25) is 5.91 Å². The lowest BCUT2D eigenvalue weighted by Crippen LogP contribution is -2.51. The molecule has 0 N–H and O–H groups in total. The van der Waals surface area contributed by atoms with E-state index in [1.165, 1.54) is 5.56 Å². The Morgan fingerprint density at radius 2 is 1.73 bits per heavy atom. The Hall–Kier alpha value is -2.33. The Bertz CT molecular complexity index is 768. The Morgan fingerprint density at radius 1 is 1.04 bits per heavy atom. The maximum Gasteiger partial charge on any atom is 0.233 e. The highest BCUT2D eigenvalue weighted by molar-refractivity contribution is 5.91. The molecule has 1 aliphatic carbocycles. The Morgan fingerprint density at radius 3 is 2.35 bits per heavy atom. The zero-order chi connectivity index (χ0) is 18.1. The summed E-state index contributed by atoms with van der Waals surface area (Å²) in [5, 5.41) is 0. The van der Waals surface area contributed by atoms with Crippen LogP contribution in [-0.4, -0.2) is 49.5 Å². The summed E-state index contributed by atoms with van der Waals surface area (Å²) in [5.41, 5.74) is 2.09. The van der Waals surface area contributed by atoms with Crippen LogP contribution in [0.1, 0.15) is 30.0 Å². The molecule has 4 rings (SSSR count). The molecular weight excluding hydrogens is 324 g/mol. The Labute approximate surface area is 155 Å². The molecule has 2 aliphatic rings.